The average Bonchev–Trinajstić information content (AvgIpc) is 2.42. The van der Waals surface area contributed by atoms with Gasteiger partial charge in [0.1, 0.15) is 17.6 Å². The number of benzene rings is 2. The number of anilines is 2. The first-order valence-corrected chi connectivity index (χ1v) is 5.60. The van der Waals surface area contributed by atoms with E-state index in [0.717, 1.165) is 6.07 Å². The van der Waals surface area contributed by atoms with Gasteiger partial charge in [-0.3, -0.25) is 0 Å². The monoisotopic (exact) mass is 278 g/mol. The topological polar surface area (TPSA) is 45.0 Å². The molecule has 2 aromatic rings. The van der Waals surface area contributed by atoms with Gasteiger partial charge in [-0.05, 0) is 42.5 Å². The van der Waals surface area contributed by atoms with Crippen molar-refractivity contribution in [1.29, 1.82) is 5.26 Å². The van der Waals surface area contributed by atoms with E-state index in [1.807, 2.05) is 6.07 Å². The van der Waals surface area contributed by atoms with E-state index < -0.39 is 12.4 Å². The summed E-state index contributed by atoms with van der Waals surface area (Å²) in [6.45, 7) is -2.88. The zero-order valence-electron chi connectivity index (χ0n) is 10.1. The molecule has 0 aromatic heterocycles. The van der Waals surface area contributed by atoms with Crippen LogP contribution in [0.2, 0.25) is 0 Å². The van der Waals surface area contributed by atoms with Crippen molar-refractivity contribution in [1.82, 2.24) is 0 Å². The van der Waals surface area contributed by atoms with Crippen LogP contribution in [0.4, 0.5) is 24.5 Å². The Kier molecular flexibility index (Phi) is 4.11. The highest BCUT2D eigenvalue weighted by atomic mass is 19.3. The first-order valence-electron chi connectivity index (χ1n) is 5.60. The van der Waals surface area contributed by atoms with Crippen molar-refractivity contribution >= 4 is 11.4 Å². The van der Waals surface area contributed by atoms with Crippen molar-refractivity contribution < 1.29 is 17.9 Å². The molecule has 0 spiro atoms. The zero-order valence-corrected chi connectivity index (χ0v) is 10.1. The van der Waals surface area contributed by atoms with E-state index in [1.54, 1.807) is 0 Å². The molecule has 0 heterocycles. The summed E-state index contributed by atoms with van der Waals surface area (Å²) in [6, 6.07) is 11.4. The second kappa shape index (κ2) is 5.97. The molecule has 0 fully saturated rings. The van der Waals surface area contributed by atoms with Gasteiger partial charge in [0, 0.05) is 5.69 Å². The minimum Gasteiger partial charge on any atom is -0.435 e. The molecular formula is C14H9F3N2O. The highest BCUT2D eigenvalue weighted by molar-refractivity contribution is 5.66. The molecule has 0 atom stereocenters. The third kappa shape index (κ3) is 3.42. The van der Waals surface area contributed by atoms with Crippen LogP contribution >= 0.6 is 0 Å². The Hall–Kier alpha value is -2.68. The largest absolute Gasteiger partial charge is 0.435 e. The average molecular weight is 278 g/mol. The summed E-state index contributed by atoms with van der Waals surface area (Å²) in [6.07, 6.45) is 0. The van der Waals surface area contributed by atoms with Crippen LogP contribution in [0.3, 0.4) is 0 Å². The Bertz CT molecular complexity index is 636. The number of rotatable bonds is 4. The van der Waals surface area contributed by atoms with Gasteiger partial charge in [-0.25, -0.2) is 4.39 Å². The standard InChI is InChI=1S/C14H9F3N2O/c15-10-1-6-13(9(7-10)8-18)19-11-2-4-12(5-3-11)20-14(16)17/h1-7,14,19H. The number of nitrogens with one attached hydrogen (secondary N) is 1. The van der Waals surface area contributed by atoms with Gasteiger partial charge in [0.05, 0.1) is 11.3 Å². The molecule has 102 valence electrons. The van der Waals surface area contributed by atoms with Crippen LogP contribution in [0.15, 0.2) is 42.5 Å². The summed E-state index contributed by atoms with van der Waals surface area (Å²) in [5, 5.41) is 11.8. The maximum absolute atomic E-state index is 13.0. The number of ether oxygens (including phenoxy) is 1. The van der Waals surface area contributed by atoms with E-state index in [9.17, 15) is 13.2 Å². The molecular weight excluding hydrogens is 269 g/mol. The molecule has 0 saturated heterocycles. The van der Waals surface area contributed by atoms with Crippen molar-refractivity contribution in [2.24, 2.45) is 0 Å². The molecule has 6 heteroatoms. The van der Waals surface area contributed by atoms with Gasteiger partial charge >= 0.3 is 6.61 Å². The van der Waals surface area contributed by atoms with Crippen molar-refractivity contribution in [3.05, 3.63) is 53.8 Å². The van der Waals surface area contributed by atoms with Gasteiger partial charge in [-0.1, -0.05) is 0 Å². The molecule has 20 heavy (non-hydrogen) atoms. The van der Waals surface area contributed by atoms with Crippen LogP contribution in [0.1, 0.15) is 5.56 Å². The van der Waals surface area contributed by atoms with Gasteiger partial charge in [0.15, 0.2) is 0 Å². The molecule has 3 nitrogen and oxygen atoms in total. The lowest BCUT2D eigenvalue weighted by molar-refractivity contribution is -0.0498. The molecule has 0 saturated carbocycles. The molecule has 0 amide bonds. The van der Waals surface area contributed by atoms with Gasteiger partial charge in [-0.15, -0.1) is 0 Å². The summed E-state index contributed by atoms with van der Waals surface area (Å²) in [5.74, 6) is -0.474. The second-order valence-corrected chi connectivity index (χ2v) is 3.83. The summed E-state index contributed by atoms with van der Waals surface area (Å²) in [4.78, 5) is 0. The number of nitrogens with zero attached hydrogens (tertiary/aromatic N) is 1. The number of hydrogen-bond donors (Lipinski definition) is 1. The molecule has 0 radical (unpaired) electrons. The fraction of sp³-hybridized carbons (Fsp3) is 0.0714. The van der Waals surface area contributed by atoms with Crippen LogP contribution in [-0.4, -0.2) is 6.61 Å². The first kappa shape index (κ1) is 13.7. The van der Waals surface area contributed by atoms with Crippen LogP contribution in [-0.2, 0) is 0 Å². The highest BCUT2D eigenvalue weighted by Crippen LogP contribution is 2.23. The Morgan fingerprint density at radius 3 is 2.40 bits per heavy atom. The van der Waals surface area contributed by atoms with Gasteiger partial charge < -0.3 is 10.1 Å². The first-order chi connectivity index (χ1) is 9.58. The van der Waals surface area contributed by atoms with E-state index in [1.165, 1.54) is 36.4 Å². The van der Waals surface area contributed by atoms with Crippen LogP contribution < -0.4 is 10.1 Å². The highest BCUT2D eigenvalue weighted by Gasteiger charge is 2.06. The molecule has 2 aromatic carbocycles. The van der Waals surface area contributed by atoms with Crippen LogP contribution in [0.25, 0.3) is 0 Å². The Labute approximate surface area is 113 Å². The predicted octanol–water partition coefficient (Wildman–Crippen LogP) is 4.04. The molecule has 0 unspecified atom stereocenters. The third-order valence-electron chi connectivity index (χ3n) is 2.46. The summed E-state index contributed by atoms with van der Waals surface area (Å²) in [5.41, 5.74) is 1.14. The Morgan fingerprint density at radius 1 is 1.10 bits per heavy atom. The van der Waals surface area contributed by atoms with Crippen LogP contribution in [0, 0.1) is 17.1 Å². The lowest BCUT2D eigenvalue weighted by Crippen LogP contribution is -2.01. The lowest BCUT2D eigenvalue weighted by atomic mass is 10.2. The number of halogens is 3. The Morgan fingerprint density at radius 2 is 1.80 bits per heavy atom. The predicted molar refractivity (Wildman–Crippen MR) is 67.5 cm³/mol. The quantitative estimate of drug-likeness (QED) is 0.917. The minimum atomic E-state index is -2.88. The molecule has 1 N–H and O–H groups in total. The number of nitriles is 1. The lowest BCUT2D eigenvalue weighted by Gasteiger charge is -2.09. The maximum Gasteiger partial charge on any atom is 0.387 e. The molecule has 0 bridgehead atoms. The maximum atomic E-state index is 13.0. The van der Waals surface area contributed by atoms with Gasteiger partial charge in [0.25, 0.3) is 0 Å². The SMILES string of the molecule is N#Cc1cc(F)ccc1Nc1ccc(OC(F)F)cc1. The fourth-order valence-electron chi connectivity index (χ4n) is 1.59. The van der Waals surface area contributed by atoms with Gasteiger partial charge in [-0.2, -0.15) is 14.0 Å². The van der Waals surface area contributed by atoms with E-state index in [-0.39, 0.29) is 11.3 Å². The van der Waals surface area contributed by atoms with Gasteiger partial charge in [0.2, 0.25) is 0 Å². The minimum absolute atomic E-state index is 0.0326. The van der Waals surface area contributed by atoms with E-state index in [2.05, 4.69) is 10.1 Å². The molecule has 0 aliphatic rings. The summed E-state index contributed by atoms with van der Waals surface area (Å²) in [7, 11) is 0. The number of hydrogen-bond acceptors (Lipinski definition) is 3. The van der Waals surface area contributed by atoms with Crippen molar-refractivity contribution in [3.8, 4) is 11.8 Å². The van der Waals surface area contributed by atoms with E-state index in [4.69, 9.17) is 5.26 Å². The van der Waals surface area contributed by atoms with Crippen LogP contribution in [0.5, 0.6) is 5.75 Å². The van der Waals surface area contributed by atoms with Crippen molar-refractivity contribution in [3.63, 3.8) is 0 Å². The molecule has 0 aliphatic heterocycles. The molecule has 2 rings (SSSR count). The fourth-order valence-corrected chi connectivity index (χ4v) is 1.59. The van der Waals surface area contributed by atoms with Crippen molar-refractivity contribution in [2.45, 2.75) is 6.61 Å². The summed E-state index contributed by atoms with van der Waals surface area (Å²) >= 11 is 0. The summed E-state index contributed by atoms with van der Waals surface area (Å²) < 4.78 is 41.2. The third-order valence-corrected chi connectivity index (χ3v) is 2.46. The second-order valence-electron chi connectivity index (χ2n) is 3.83. The smallest absolute Gasteiger partial charge is 0.387 e. The molecule has 0 aliphatic carbocycles. The van der Waals surface area contributed by atoms with E-state index in [0.29, 0.717) is 11.4 Å². The number of alkyl halides is 2. The van der Waals surface area contributed by atoms with Crippen molar-refractivity contribution in [2.75, 3.05) is 5.32 Å². The van der Waals surface area contributed by atoms with E-state index >= 15 is 0 Å². The normalized spacial score (nSPS) is 10.2. The Balaban J connectivity index is 2.16. The zero-order chi connectivity index (χ0) is 14.5.